The minimum atomic E-state index is 0.473. The smallest absolute Gasteiger partial charge is 0.148 e. The Balaban J connectivity index is 2.23. The lowest BCUT2D eigenvalue weighted by molar-refractivity contribution is 0.475. The van der Waals surface area contributed by atoms with Gasteiger partial charge in [-0.05, 0) is 43.3 Å². The summed E-state index contributed by atoms with van der Waals surface area (Å²) in [6.07, 6.45) is 0. The van der Waals surface area contributed by atoms with E-state index >= 15 is 0 Å². The van der Waals surface area contributed by atoms with E-state index in [1.165, 1.54) is 0 Å². The molecule has 0 aliphatic carbocycles. The van der Waals surface area contributed by atoms with Crippen LogP contribution in [0.4, 0.5) is 0 Å². The minimum Gasteiger partial charge on any atom is -0.455 e. The SMILES string of the molecule is Cc1nc(Cl)ccc1Oc1ccc(Br)cc1. The quantitative estimate of drug-likeness (QED) is 0.756. The molecule has 0 atom stereocenters. The van der Waals surface area contributed by atoms with E-state index in [9.17, 15) is 0 Å². The van der Waals surface area contributed by atoms with Crippen molar-refractivity contribution in [3.05, 3.63) is 51.7 Å². The Morgan fingerprint density at radius 2 is 1.81 bits per heavy atom. The highest BCUT2D eigenvalue weighted by Crippen LogP contribution is 2.26. The summed E-state index contributed by atoms with van der Waals surface area (Å²) in [4.78, 5) is 4.12. The maximum atomic E-state index is 5.77. The number of pyridine rings is 1. The second-order valence-corrected chi connectivity index (χ2v) is 4.58. The van der Waals surface area contributed by atoms with E-state index < -0.39 is 0 Å². The van der Waals surface area contributed by atoms with Crippen LogP contribution in [-0.4, -0.2) is 4.98 Å². The number of halogens is 2. The molecule has 0 saturated heterocycles. The fourth-order valence-electron chi connectivity index (χ4n) is 1.26. The first-order valence-corrected chi connectivity index (χ1v) is 5.89. The molecule has 0 N–H and O–H groups in total. The zero-order valence-corrected chi connectivity index (χ0v) is 10.9. The summed E-state index contributed by atoms with van der Waals surface area (Å²) < 4.78 is 6.70. The van der Waals surface area contributed by atoms with Gasteiger partial charge in [-0.25, -0.2) is 4.98 Å². The van der Waals surface area contributed by atoms with Gasteiger partial charge < -0.3 is 4.74 Å². The molecule has 82 valence electrons. The molecule has 0 amide bonds. The summed E-state index contributed by atoms with van der Waals surface area (Å²) >= 11 is 9.14. The van der Waals surface area contributed by atoms with Crippen LogP contribution in [0.15, 0.2) is 40.9 Å². The molecule has 1 aromatic heterocycles. The molecule has 0 radical (unpaired) electrons. The lowest BCUT2D eigenvalue weighted by atomic mass is 10.3. The molecular weight excluding hydrogens is 289 g/mol. The van der Waals surface area contributed by atoms with Crippen LogP contribution >= 0.6 is 27.5 Å². The Morgan fingerprint density at radius 1 is 1.12 bits per heavy atom. The Bertz CT molecular complexity index is 499. The number of benzene rings is 1. The van der Waals surface area contributed by atoms with Gasteiger partial charge in [-0.3, -0.25) is 0 Å². The van der Waals surface area contributed by atoms with Crippen molar-refractivity contribution >= 4 is 27.5 Å². The highest BCUT2D eigenvalue weighted by atomic mass is 79.9. The minimum absolute atomic E-state index is 0.473. The molecule has 0 bridgehead atoms. The first-order chi connectivity index (χ1) is 7.65. The summed E-state index contributed by atoms with van der Waals surface area (Å²) in [5, 5.41) is 0.473. The van der Waals surface area contributed by atoms with Gasteiger partial charge in [0.05, 0.1) is 5.69 Å². The van der Waals surface area contributed by atoms with Crippen molar-refractivity contribution in [3.8, 4) is 11.5 Å². The maximum absolute atomic E-state index is 5.77. The topological polar surface area (TPSA) is 22.1 Å². The zero-order chi connectivity index (χ0) is 11.5. The Kier molecular flexibility index (Phi) is 3.46. The number of ether oxygens (including phenoxy) is 1. The average molecular weight is 299 g/mol. The summed E-state index contributed by atoms with van der Waals surface area (Å²) in [7, 11) is 0. The fourth-order valence-corrected chi connectivity index (χ4v) is 1.71. The van der Waals surface area contributed by atoms with Gasteiger partial charge in [-0.15, -0.1) is 0 Å². The van der Waals surface area contributed by atoms with Crippen LogP contribution in [0.3, 0.4) is 0 Å². The van der Waals surface area contributed by atoms with E-state index in [0.29, 0.717) is 10.9 Å². The summed E-state index contributed by atoms with van der Waals surface area (Å²) in [5.74, 6) is 1.49. The molecule has 2 rings (SSSR count). The molecule has 4 heteroatoms. The van der Waals surface area contributed by atoms with Crippen LogP contribution in [0.2, 0.25) is 5.15 Å². The van der Waals surface area contributed by atoms with Crippen molar-refractivity contribution in [3.63, 3.8) is 0 Å². The van der Waals surface area contributed by atoms with E-state index in [0.717, 1.165) is 15.9 Å². The second-order valence-electron chi connectivity index (χ2n) is 3.27. The number of aryl methyl sites for hydroxylation is 1. The first kappa shape index (κ1) is 11.4. The third-order valence-corrected chi connectivity index (χ3v) is 2.78. The molecule has 16 heavy (non-hydrogen) atoms. The van der Waals surface area contributed by atoms with Gasteiger partial charge >= 0.3 is 0 Å². The van der Waals surface area contributed by atoms with Gasteiger partial charge in [0.1, 0.15) is 16.7 Å². The van der Waals surface area contributed by atoms with E-state index in [1.807, 2.05) is 37.3 Å². The van der Waals surface area contributed by atoms with E-state index in [-0.39, 0.29) is 0 Å². The number of hydrogen-bond donors (Lipinski definition) is 0. The molecule has 0 spiro atoms. The van der Waals surface area contributed by atoms with Gasteiger partial charge in [-0.2, -0.15) is 0 Å². The number of hydrogen-bond acceptors (Lipinski definition) is 2. The lowest BCUT2D eigenvalue weighted by Crippen LogP contribution is -1.90. The summed E-state index contributed by atoms with van der Waals surface area (Å²) in [5.41, 5.74) is 0.774. The molecule has 0 aliphatic heterocycles. The molecule has 0 saturated carbocycles. The van der Waals surface area contributed by atoms with E-state index in [1.54, 1.807) is 6.07 Å². The molecule has 1 heterocycles. The molecule has 1 aromatic carbocycles. The molecule has 2 aromatic rings. The summed E-state index contributed by atoms with van der Waals surface area (Å²) in [6.45, 7) is 1.86. The Hall–Kier alpha value is -1.06. The second kappa shape index (κ2) is 4.85. The van der Waals surface area contributed by atoms with Crippen LogP contribution in [0.5, 0.6) is 11.5 Å². The molecule has 0 aliphatic rings. The third kappa shape index (κ3) is 2.74. The average Bonchev–Trinajstić information content (AvgIpc) is 2.25. The van der Waals surface area contributed by atoms with Crippen molar-refractivity contribution in [1.29, 1.82) is 0 Å². The van der Waals surface area contributed by atoms with Crippen molar-refractivity contribution in [2.45, 2.75) is 6.92 Å². The normalized spacial score (nSPS) is 10.2. The largest absolute Gasteiger partial charge is 0.455 e. The molecule has 2 nitrogen and oxygen atoms in total. The maximum Gasteiger partial charge on any atom is 0.148 e. The van der Waals surface area contributed by atoms with Gasteiger partial charge in [0.2, 0.25) is 0 Å². The Labute approximate surface area is 107 Å². The predicted octanol–water partition coefficient (Wildman–Crippen LogP) is 4.60. The van der Waals surface area contributed by atoms with Crippen molar-refractivity contribution in [1.82, 2.24) is 4.98 Å². The monoisotopic (exact) mass is 297 g/mol. The van der Waals surface area contributed by atoms with Crippen LogP contribution in [-0.2, 0) is 0 Å². The van der Waals surface area contributed by atoms with Crippen molar-refractivity contribution in [2.75, 3.05) is 0 Å². The Morgan fingerprint density at radius 3 is 2.44 bits per heavy atom. The number of aromatic nitrogens is 1. The van der Waals surface area contributed by atoms with E-state index in [2.05, 4.69) is 20.9 Å². The zero-order valence-electron chi connectivity index (χ0n) is 8.58. The van der Waals surface area contributed by atoms with Gasteiger partial charge in [-0.1, -0.05) is 27.5 Å². The van der Waals surface area contributed by atoms with Gasteiger partial charge in [0.15, 0.2) is 0 Å². The predicted molar refractivity (Wildman–Crippen MR) is 68.2 cm³/mol. The highest BCUT2D eigenvalue weighted by Gasteiger charge is 2.03. The van der Waals surface area contributed by atoms with Gasteiger partial charge in [0.25, 0.3) is 0 Å². The van der Waals surface area contributed by atoms with Crippen LogP contribution < -0.4 is 4.74 Å². The van der Waals surface area contributed by atoms with Crippen LogP contribution in [0.25, 0.3) is 0 Å². The third-order valence-electron chi connectivity index (χ3n) is 2.04. The van der Waals surface area contributed by atoms with Crippen LogP contribution in [0.1, 0.15) is 5.69 Å². The van der Waals surface area contributed by atoms with Gasteiger partial charge in [0, 0.05) is 4.47 Å². The standard InChI is InChI=1S/C12H9BrClNO/c1-8-11(6-7-12(14)15-8)16-10-4-2-9(13)3-5-10/h2-7H,1H3. The first-order valence-electron chi connectivity index (χ1n) is 4.72. The number of nitrogens with zero attached hydrogens (tertiary/aromatic N) is 1. The molecule has 0 fully saturated rings. The van der Waals surface area contributed by atoms with Crippen molar-refractivity contribution < 1.29 is 4.74 Å². The lowest BCUT2D eigenvalue weighted by Gasteiger charge is -2.07. The summed E-state index contributed by atoms with van der Waals surface area (Å²) in [6, 6.07) is 11.1. The fraction of sp³-hybridized carbons (Fsp3) is 0.0833. The van der Waals surface area contributed by atoms with Crippen LogP contribution in [0, 0.1) is 6.92 Å². The van der Waals surface area contributed by atoms with E-state index in [4.69, 9.17) is 16.3 Å². The molecular formula is C12H9BrClNO. The highest BCUT2D eigenvalue weighted by molar-refractivity contribution is 9.10. The molecule has 0 unspecified atom stereocenters. The van der Waals surface area contributed by atoms with Crippen molar-refractivity contribution in [2.24, 2.45) is 0 Å². The number of rotatable bonds is 2.